The largest absolute Gasteiger partial charge is 0.395 e. The maximum atomic E-state index is 12.8. The molecule has 3 nitrogen and oxygen atoms in total. The first-order chi connectivity index (χ1) is 9.70. The van der Waals surface area contributed by atoms with E-state index in [2.05, 4.69) is 4.90 Å². The molecule has 1 fully saturated rings. The highest BCUT2D eigenvalue weighted by molar-refractivity contribution is 5.96. The van der Waals surface area contributed by atoms with E-state index in [0.717, 1.165) is 12.8 Å². The second kappa shape index (κ2) is 7.50. The van der Waals surface area contributed by atoms with E-state index < -0.39 is 0 Å². The molecule has 1 N–H and O–H groups in total. The van der Waals surface area contributed by atoms with Crippen LogP contribution in [0.15, 0.2) is 24.3 Å². The van der Waals surface area contributed by atoms with Crippen molar-refractivity contribution in [3.05, 3.63) is 35.6 Å². The van der Waals surface area contributed by atoms with Gasteiger partial charge in [-0.05, 0) is 37.1 Å². The number of halogens is 1. The van der Waals surface area contributed by atoms with Crippen molar-refractivity contribution in [1.82, 2.24) is 4.90 Å². The fourth-order valence-corrected chi connectivity index (χ4v) is 2.90. The van der Waals surface area contributed by atoms with Crippen molar-refractivity contribution in [2.75, 3.05) is 19.7 Å². The molecule has 1 aromatic rings. The number of Topliss-reactive ketones (excluding diaryl/α,β-unsaturated/α-hetero) is 1. The molecule has 1 aliphatic carbocycles. The lowest BCUT2D eigenvalue weighted by Gasteiger charge is -2.27. The number of aliphatic hydroxyl groups is 1. The van der Waals surface area contributed by atoms with Crippen molar-refractivity contribution in [2.24, 2.45) is 0 Å². The summed E-state index contributed by atoms with van der Waals surface area (Å²) >= 11 is 0. The van der Waals surface area contributed by atoms with Crippen LogP contribution < -0.4 is 0 Å². The van der Waals surface area contributed by atoms with E-state index in [1.54, 1.807) is 0 Å². The van der Waals surface area contributed by atoms with Crippen LogP contribution >= 0.6 is 0 Å². The highest BCUT2D eigenvalue weighted by Gasteiger charge is 2.22. The lowest BCUT2D eigenvalue weighted by molar-refractivity contribution is 0.0934. The minimum Gasteiger partial charge on any atom is -0.395 e. The number of hydrogen-bond donors (Lipinski definition) is 1. The van der Waals surface area contributed by atoms with Crippen molar-refractivity contribution in [3.8, 4) is 0 Å². The molecule has 1 aliphatic rings. The monoisotopic (exact) mass is 279 g/mol. The summed E-state index contributed by atoms with van der Waals surface area (Å²) in [4.78, 5) is 14.3. The number of rotatable bonds is 7. The molecular formula is C16H22FNO2. The van der Waals surface area contributed by atoms with E-state index in [0.29, 0.717) is 31.1 Å². The van der Waals surface area contributed by atoms with Gasteiger partial charge >= 0.3 is 0 Å². The van der Waals surface area contributed by atoms with E-state index in [9.17, 15) is 9.18 Å². The minimum absolute atomic E-state index is 0.0333. The molecule has 2 rings (SSSR count). The van der Waals surface area contributed by atoms with Gasteiger partial charge in [0, 0.05) is 31.1 Å². The summed E-state index contributed by atoms with van der Waals surface area (Å²) in [6, 6.07) is 6.20. The molecular weight excluding hydrogens is 257 g/mol. The summed E-state index contributed by atoms with van der Waals surface area (Å²) < 4.78 is 12.8. The highest BCUT2D eigenvalue weighted by Crippen LogP contribution is 2.23. The summed E-state index contributed by atoms with van der Waals surface area (Å²) in [6.45, 7) is 1.42. The summed E-state index contributed by atoms with van der Waals surface area (Å²) in [5, 5.41) is 9.14. The maximum absolute atomic E-state index is 12.8. The zero-order valence-electron chi connectivity index (χ0n) is 11.7. The third-order valence-electron chi connectivity index (χ3n) is 4.02. The van der Waals surface area contributed by atoms with E-state index in [4.69, 9.17) is 5.11 Å². The van der Waals surface area contributed by atoms with E-state index in [1.807, 2.05) is 0 Å². The molecule has 0 saturated heterocycles. The fourth-order valence-electron chi connectivity index (χ4n) is 2.90. The molecule has 0 aromatic heterocycles. The number of hydrogen-bond acceptors (Lipinski definition) is 3. The molecule has 0 amide bonds. The van der Waals surface area contributed by atoms with Gasteiger partial charge in [0.25, 0.3) is 0 Å². The standard InChI is InChI=1S/C16H22FNO2/c17-14-7-5-13(6-8-14)16(20)9-10-18(11-12-19)15-3-1-2-4-15/h5-8,15,19H,1-4,9-12H2. The lowest BCUT2D eigenvalue weighted by atomic mass is 10.1. The number of nitrogens with zero attached hydrogens (tertiary/aromatic N) is 1. The minimum atomic E-state index is -0.325. The predicted octanol–water partition coefficient (Wildman–Crippen LogP) is 2.64. The Morgan fingerprint density at radius 1 is 1.20 bits per heavy atom. The molecule has 0 bridgehead atoms. The Morgan fingerprint density at radius 2 is 1.85 bits per heavy atom. The number of aliphatic hydroxyl groups excluding tert-OH is 1. The summed E-state index contributed by atoms with van der Waals surface area (Å²) in [7, 11) is 0. The predicted molar refractivity (Wildman–Crippen MR) is 76.3 cm³/mol. The van der Waals surface area contributed by atoms with Crippen LogP contribution in [0.1, 0.15) is 42.5 Å². The Balaban J connectivity index is 1.87. The highest BCUT2D eigenvalue weighted by atomic mass is 19.1. The van der Waals surface area contributed by atoms with Gasteiger partial charge in [0.15, 0.2) is 5.78 Å². The SMILES string of the molecule is O=C(CCN(CCO)C1CCCC1)c1ccc(F)cc1. The van der Waals surface area contributed by atoms with Crippen molar-refractivity contribution >= 4 is 5.78 Å². The zero-order chi connectivity index (χ0) is 14.4. The van der Waals surface area contributed by atoms with Gasteiger partial charge in [0.05, 0.1) is 6.61 Å². The summed E-state index contributed by atoms with van der Waals surface area (Å²) in [5.41, 5.74) is 0.557. The number of ketones is 1. The molecule has 4 heteroatoms. The van der Waals surface area contributed by atoms with Crippen molar-refractivity contribution < 1.29 is 14.3 Å². The average molecular weight is 279 g/mol. The zero-order valence-corrected chi connectivity index (χ0v) is 11.7. The van der Waals surface area contributed by atoms with Crippen LogP contribution in [-0.2, 0) is 0 Å². The van der Waals surface area contributed by atoms with E-state index in [-0.39, 0.29) is 18.2 Å². The summed E-state index contributed by atoms with van der Waals surface area (Å²) in [5.74, 6) is -0.291. The van der Waals surface area contributed by atoms with Crippen molar-refractivity contribution in [1.29, 1.82) is 0 Å². The Morgan fingerprint density at radius 3 is 2.45 bits per heavy atom. The van der Waals surface area contributed by atoms with Crippen molar-refractivity contribution in [3.63, 3.8) is 0 Å². The molecule has 0 radical (unpaired) electrons. The fraction of sp³-hybridized carbons (Fsp3) is 0.562. The van der Waals surface area contributed by atoms with E-state index in [1.165, 1.54) is 37.1 Å². The first-order valence-electron chi connectivity index (χ1n) is 7.34. The van der Waals surface area contributed by atoms with Gasteiger partial charge in [0.2, 0.25) is 0 Å². The topological polar surface area (TPSA) is 40.5 Å². The van der Waals surface area contributed by atoms with Gasteiger partial charge in [-0.2, -0.15) is 0 Å². The van der Waals surface area contributed by atoms with Crippen LogP contribution in [0.3, 0.4) is 0 Å². The third kappa shape index (κ3) is 4.12. The van der Waals surface area contributed by atoms with Gasteiger partial charge in [0.1, 0.15) is 5.82 Å². The van der Waals surface area contributed by atoms with Gasteiger partial charge < -0.3 is 5.11 Å². The van der Waals surface area contributed by atoms with Crippen LogP contribution in [-0.4, -0.2) is 41.5 Å². The normalized spacial score (nSPS) is 15.9. The summed E-state index contributed by atoms with van der Waals surface area (Å²) in [6.07, 6.45) is 5.20. The van der Waals surface area contributed by atoms with Gasteiger partial charge in [-0.25, -0.2) is 4.39 Å². The van der Waals surface area contributed by atoms with Crippen LogP contribution in [0.5, 0.6) is 0 Å². The molecule has 0 spiro atoms. The van der Waals surface area contributed by atoms with Gasteiger partial charge in [-0.15, -0.1) is 0 Å². The molecule has 0 aliphatic heterocycles. The van der Waals surface area contributed by atoms with Gasteiger partial charge in [-0.3, -0.25) is 9.69 Å². The quantitative estimate of drug-likeness (QED) is 0.780. The number of carbonyl (C=O) groups excluding carboxylic acids is 1. The number of benzene rings is 1. The number of carbonyl (C=O) groups is 1. The third-order valence-corrected chi connectivity index (χ3v) is 4.02. The second-order valence-electron chi connectivity index (χ2n) is 5.38. The first-order valence-corrected chi connectivity index (χ1v) is 7.34. The first kappa shape index (κ1) is 15.1. The van der Waals surface area contributed by atoms with Crippen LogP contribution in [0.25, 0.3) is 0 Å². The Kier molecular flexibility index (Phi) is 5.68. The van der Waals surface area contributed by atoms with Crippen molar-refractivity contribution in [2.45, 2.75) is 38.1 Å². The van der Waals surface area contributed by atoms with Gasteiger partial charge in [-0.1, -0.05) is 12.8 Å². The molecule has 20 heavy (non-hydrogen) atoms. The van der Waals surface area contributed by atoms with Crippen LogP contribution in [0.4, 0.5) is 4.39 Å². The molecule has 0 unspecified atom stereocenters. The van der Waals surface area contributed by atoms with Crippen LogP contribution in [0, 0.1) is 5.82 Å². The second-order valence-corrected chi connectivity index (χ2v) is 5.38. The Bertz CT molecular complexity index is 427. The molecule has 0 atom stereocenters. The lowest BCUT2D eigenvalue weighted by Crippen LogP contribution is -2.37. The molecule has 1 aromatic carbocycles. The maximum Gasteiger partial charge on any atom is 0.164 e. The Labute approximate surface area is 119 Å². The van der Waals surface area contributed by atoms with E-state index >= 15 is 0 Å². The Hall–Kier alpha value is -1.26. The molecule has 1 saturated carbocycles. The van der Waals surface area contributed by atoms with Crippen LogP contribution in [0.2, 0.25) is 0 Å². The average Bonchev–Trinajstić information content (AvgIpc) is 2.98. The molecule has 110 valence electrons. The molecule has 0 heterocycles. The smallest absolute Gasteiger partial charge is 0.164 e.